The Morgan fingerprint density at radius 1 is 1.21 bits per heavy atom. The van der Waals surface area contributed by atoms with Crippen molar-refractivity contribution in [3.05, 3.63) is 52.5 Å². The molecule has 0 bridgehead atoms. The summed E-state index contributed by atoms with van der Waals surface area (Å²) in [6.45, 7) is 2.24. The lowest BCUT2D eigenvalue weighted by molar-refractivity contribution is 0.739. The normalized spacial score (nSPS) is 20.7. The number of benzene rings is 1. The molecule has 1 aromatic carbocycles. The molecule has 1 aliphatic rings. The van der Waals surface area contributed by atoms with Gasteiger partial charge in [-0.05, 0) is 35.6 Å². The first kappa shape index (κ1) is 9.72. The third-order valence-corrected chi connectivity index (χ3v) is 3.02. The predicted molar refractivity (Wildman–Crippen MR) is 65.0 cm³/mol. The van der Waals surface area contributed by atoms with Crippen LogP contribution in [-0.4, -0.2) is 0 Å². The molecule has 0 spiro atoms. The Labute approximate surface area is 93.5 Å². The summed E-state index contributed by atoms with van der Waals surface area (Å²) in [6.07, 6.45) is 7.96. The maximum absolute atomic E-state index is 3.44. The summed E-state index contributed by atoms with van der Waals surface area (Å²) in [4.78, 5) is 0. The van der Waals surface area contributed by atoms with Gasteiger partial charge in [-0.1, -0.05) is 53.2 Å². The van der Waals surface area contributed by atoms with Gasteiger partial charge in [0.25, 0.3) is 0 Å². The summed E-state index contributed by atoms with van der Waals surface area (Å²) in [5, 5.41) is 0. The van der Waals surface area contributed by atoms with Crippen LogP contribution in [0.4, 0.5) is 0 Å². The van der Waals surface area contributed by atoms with Crippen molar-refractivity contribution in [1.29, 1.82) is 0 Å². The highest BCUT2D eigenvalue weighted by Gasteiger charge is 2.04. The van der Waals surface area contributed by atoms with Crippen molar-refractivity contribution in [2.75, 3.05) is 0 Å². The third kappa shape index (κ3) is 2.16. The van der Waals surface area contributed by atoms with E-state index in [1.807, 2.05) is 0 Å². The Balaban J connectivity index is 2.24. The molecule has 1 aromatic rings. The van der Waals surface area contributed by atoms with Gasteiger partial charge in [0.05, 0.1) is 0 Å². The van der Waals surface area contributed by atoms with Gasteiger partial charge in [0.2, 0.25) is 0 Å². The van der Waals surface area contributed by atoms with Gasteiger partial charge in [0.1, 0.15) is 0 Å². The fourth-order valence-corrected chi connectivity index (χ4v) is 1.85. The molecule has 0 heterocycles. The summed E-state index contributed by atoms with van der Waals surface area (Å²) in [7, 11) is 0. The van der Waals surface area contributed by atoms with Gasteiger partial charge in [-0.2, -0.15) is 0 Å². The number of halogens is 1. The van der Waals surface area contributed by atoms with Crippen LogP contribution in [0.15, 0.2) is 47.0 Å². The molecule has 72 valence electrons. The fourth-order valence-electron chi connectivity index (χ4n) is 1.58. The molecule has 1 heteroatoms. The Morgan fingerprint density at radius 3 is 2.50 bits per heavy atom. The second-order valence-corrected chi connectivity index (χ2v) is 4.65. The molecule has 0 nitrogen and oxygen atoms in total. The topological polar surface area (TPSA) is 0 Å². The van der Waals surface area contributed by atoms with Gasteiger partial charge in [-0.3, -0.25) is 0 Å². The van der Waals surface area contributed by atoms with Crippen LogP contribution in [0.25, 0.3) is 5.57 Å². The zero-order valence-electron chi connectivity index (χ0n) is 8.20. The summed E-state index contributed by atoms with van der Waals surface area (Å²) in [6, 6.07) is 8.47. The molecule has 0 aliphatic heterocycles. The molecule has 0 radical (unpaired) electrons. The van der Waals surface area contributed by atoms with Crippen molar-refractivity contribution in [2.24, 2.45) is 5.92 Å². The molecule has 1 aliphatic carbocycles. The van der Waals surface area contributed by atoms with E-state index in [1.54, 1.807) is 0 Å². The summed E-state index contributed by atoms with van der Waals surface area (Å²) >= 11 is 3.44. The lowest BCUT2D eigenvalue weighted by Gasteiger charge is -2.11. The molecule has 1 atom stereocenters. The largest absolute Gasteiger partial charge is 0.0808 e. The maximum atomic E-state index is 3.44. The highest BCUT2D eigenvalue weighted by atomic mass is 79.9. The molecule has 0 aromatic heterocycles. The van der Waals surface area contributed by atoms with Crippen molar-refractivity contribution in [2.45, 2.75) is 13.3 Å². The number of rotatable bonds is 1. The molecular weight excluding hydrogens is 236 g/mol. The van der Waals surface area contributed by atoms with Gasteiger partial charge >= 0.3 is 0 Å². The van der Waals surface area contributed by atoms with Crippen LogP contribution in [0, 0.1) is 5.92 Å². The van der Waals surface area contributed by atoms with Crippen LogP contribution < -0.4 is 0 Å². The highest BCUT2D eigenvalue weighted by Crippen LogP contribution is 2.24. The van der Waals surface area contributed by atoms with Gasteiger partial charge in [-0.15, -0.1) is 0 Å². The first-order chi connectivity index (χ1) is 6.75. The van der Waals surface area contributed by atoms with Crippen molar-refractivity contribution in [3.8, 4) is 0 Å². The van der Waals surface area contributed by atoms with Crippen LogP contribution in [-0.2, 0) is 0 Å². The minimum Gasteiger partial charge on any atom is -0.0808 e. The highest BCUT2D eigenvalue weighted by molar-refractivity contribution is 9.10. The zero-order valence-corrected chi connectivity index (χ0v) is 9.79. The van der Waals surface area contributed by atoms with Gasteiger partial charge in [0.15, 0.2) is 0 Å². The lowest BCUT2D eigenvalue weighted by Crippen LogP contribution is -1.93. The van der Waals surface area contributed by atoms with Crippen LogP contribution in [0.5, 0.6) is 0 Å². The van der Waals surface area contributed by atoms with Crippen molar-refractivity contribution < 1.29 is 0 Å². The minimum absolute atomic E-state index is 0.689. The van der Waals surface area contributed by atoms with Gasteiger partial charge < -0.3 is 0 Å². The zero-order chi connectivity index (χ0) is 9.97. The van der Waals surface area contributed by atoms with E-state index in [0.29, 0.717) is 5.92 Å². The molecule has 1 unspecified atom stereocenters. The Hall–Kier alpha value is -0.820. The van der Waals surface area contributed by atoms with E-state index in [9.17, 15) is 0 Å². The SMILES string of the molecule is CC1C=CC(c2ccc(Br)cc2)=CC1. The first-order valence-electron chi connectivity index (χ1n) is 4.90. The Bertz CT molecular complexity index is 371. The smallest absolute Gasteiger partial charge is 0.0175 e. The quantitative estimate of drug-likeness (QED) is 0.690. The Morgan fingerprint density at radius 2 is 1.93 bits per heavy atom. The molecule has 2 rings (SSSR count). The average Bonchev–Trinajstić information content (AvgIpc) is 2.21. The average molecular weight is 249 g/mol. The number of hydrogen-bond acceptors (Lipinski definition) is 0. The van der Waals surface area contributed by atoms with Gasteiger partial charge in [-0.25, -0.2) is 0 Å². The predicted octanol–water partition coefficient (Wildman–Crippen LogP) is 4.43. The van der Waals surface area contributed by atoms with Crippen LogP contribution >= 0.6 is 15.9 Å². The Kier molecular flexibility index (Phi) is 2.87. The maximum Gasteiger partial charge on any atom is 0.0175 e. The van der Waals surface area contributed by atoms with E-state index in [0.717, 1.165) is 10.9 Å². The monoisotopic (exact) mass is 248 g/mol. The standard InChI is InChI=1S/C13H13Br/c1-10-2-4-11(5-3-10)12-6-8-13(14)9-7-12/h2,4-10H,3H2,1H3. The van der Waals surface area contributed by atoms with E-state index in [1.165, 1.54) is 11.1 Å². The lowest BCUT2D eigenvalue weighted by atomic mass is 9.94. The van der Waals surface area contributed by atoms with E-state index >= 15 is 0 Å². The van der Waals surface area contributed by atoms with Crippen LogP contribution in [0.1, 0.15) is 18.9 Å². The van der Waals surface area contributed by atoms with Crippen LogP contribution in [0.2, 0.25) is 0 Å². The molecule has 0 N–H and O–H groups in total. The third-order valence-electron chi connectivity index (χ3n) is 2.49. The molecule has 14 heavy (non-hydrogen) atoms. The molecular formula is C13H13Br. The summed E-state index contributed by atoms with van der Waals surface area (Å²) < 4.78 is 1.13. The van der Waals surface area contributed by atoms with E-state index < -0.39 is 0 Å². The van der Waals surface area contributed by atoms with E-state index in [4.69, 9.17) is 0 Å². The first-order valence-corrected chi connectivity index (χ1v) is 5.69. The van der Waals surface area contributed by atoms with E-state index in [-0.39, 0.29) is 0 Å². The molecule has 0 amide bonds. The van der Waals surface area contributed by atoms with Crippen molar-refractivity contribution in [1.82, 2.24) is 0 Å². The fraction of sp³-hybridized carbons (Fsp3) is 0.231. The second-order valence-electron chi connectivity index (χ2n) is 3.74. The minimum atomic E-state index is 0.689. The molecule has 0 fully saturated rings. The van der Waals surface area contributed by atoms with Crippen molar-refractivity contribution >= 4 is 21.5 Å². The van der Waals surface area contributed by atoms with Crippen LogP contribution in [0.3, 0.4) is 0 Å². The van der Waals surface area contributed by atoms with E-state index in [2.05, 4.69) is 65.3 Å². The van der Waals surface area contributed by atoms with Crippen molar-refractivity contribution in [3.63, 3.8) is 0 Å². The molecule has 0 saturated heterocycles. The summed E-state index contributed by atoms with van der Waals surface area (Å²) in [5.41, 5.74) is 2.65. The van der Waals surface area contributed by atoms with Gasteiger partial charge in [0, 0.05) is 4.47 Å². The molecule has 0 saturated carbocycles. The second kappa shape index (κ2) is 4.14. The number of allylic oxidation sites excluding steroid dienone is 4. The number of hydrogen-bond donors (Lipinski definition) is 0. The summed E-state index contributed by atoms with van der Waals surface area (Å²) in [5.74, 6) is 0.689.